The van der Waals surface area contributed by atoms with Crippen LogP contribution in [0.25, 0.3) is 0 Å². The summed E-state index contributed by atoms with van der Waals surface area (Å²) in [7, 11) is 0. The molecule has 0 heterocycles. The van der Waals surface area contributed by atoms with Crippen molar-refractivity contribution in [2.45, 2.75) is 360 Å². The molecule has 0 aliphatic heterocycles. The Morgan fingerprint density at radius 1 is 0.378 bits per heavy atom. The van der Waals surface area contributed by atoms with E-state index in [0.717, 1.165) is 51.4 Å². The summed E-state index contributed by atoms with van der Waals surface area (Å²) in [5.74, 6) is -0.117. The summed E-state index contributed by atoms with van der Waals surface area (Å²) >= 11 is 0. The van der Waals surface area contributed by atoms with E-state index >= 15 is 0 Å². The fourth-order valence-electron chi connectivity index (χ4n) is 10.0. The third-order valence-electron chi connectivity index (χ3n) is 15.1. The predicted octanol–water partition coefficient (Wildman–Crippen LogP) is 20.9. The molecule has 1 amide bonds. The van der Waals surface area contributed by atoms with Crippen molar-refractivity contribution in [1.29, 1.82) is 0 Å². The van der Waals surface area contributed by atoms with Gasteiger partial charge in [-0.15, -0.1) is 0 Å². The average molecular weight is 1040 g/mol. The van der Waals surface area contributed by atoms with Gasteiger partial charge in [-0.3, -0.25) is 9.59 Å². The number of carbonyl (C=O) groups is 2. The van der Waals surface area contributed by atoms with E-state index < -0.39 is 12.1 Å². The first-order valence-corrected chi connectivity index (χ1v) is 32.9. The Bertz CT molecular complexity index is 1240. The van der Waals surface area contributed by atoms with Crippen LogP contribution >= 0.6 is 0 Å². The van der Waals surface area contributed by atoms with E-state index in [1.807, 2.05) is 6.08 Å². The summed E-state index contributed by atoms with van der Waals surface area (Å²) in [5.41, 5.74) is 0. The molecule has 0 aromatic heterocycles. The molecule has 0 bridgehead atoms. The number of hydrogen-bond donors (Lipinski definition) is 3. The number of unbranched alkanes of at least 4 members (excludes halogenated alkanes) is 44. The number of rotatable bonds is 61. The minimum absolute atomic E-state index is 0.0469. The van der Waals surface area contributed by atoms with Crippen molar-refractivity contribution in [3.63, 3.8) is 0 Å². The van der Waals surface area contributed by atoms with Crippen LogP contribution in [-0.4, -0.2) is 47.4 Å². The summed E-state index contributed by atoms with van der Waals surface area (Å²) in [6.45, 7) is 4.77. The first-order chi connectivity index (χ1) is 36.5. The molecule has 0 aliphatic carbocycles. The van der Waals surface area contributed by atoms with E-state index in [9.17, 15) is 19.8 Å². The monoisotopic (exact) mass is 1040 g/mol. The Morgan fingerprint density at radius 2 is 0.689 bits per heavy atom. The summed E-state index contributed by atoms with van der Waals surface area (Å²) in [6, 6.07) is -0.634. The van der Waals surface area contributed by atoms with Crippen molar-refractivity contribution in [3.8, 4) is 0 Å². The molecule has 74 heavy (non-hydrogen) atoms. The number of hydrogen-bond acceptors (Lipinski definition) is 5. The molecule has 0 aromatic carbocycles. The van der Waals surface area contributed by atoms with Gasteiger partial charge in [0, 0.05) is 12.8 Å². The summed E-state index contributed by atoms with van der Waals surface area (Å²) in [4.78, 5) is 24.5. The van der Waals surface area contributed by atoms with Gasteiger partial charge in [0.05, 0.1) is 25.4 Å². The Hall–Kier alpha value is -2.18. The average Bonchev–Trinajstić information content (AvgIpc) is 3.40. The summed E-state index contributed by atoms with van der Waals surface area (Å²) < 4.78 is 5.39. The van der Waals surface area contributed by atoms with Crippen molar-refractivity contribution in [3.05, 3.63) is 48.6 Å². The van der Waals surface area contributed by atoms with Crippen molar-refractivity contribution in [1.82, 2.24) is 5.32 Å². The molecule has 2 atom stereocenters. The minimum Gasteiger partial charge on any atom is -0.465 e. The van der Waals surface area contributed by atoms with Crippen molar-refractivity contribution >= 4 is 11.9 Å². The van der Waals surface area contributed by atoms with Gasteiger partial charge >= 0.3 is 5.97 Å². The van der Waals surface area contributed by atoms with E-state index in [4.69, 9.17) is 4.74 Å². The Labute approximate surface area is 461 Å². The van der Waals surface area contributed by atoms with Crippen LogP contribution in [0.4, 0.5) is 0 Å². The van der Waals surface area contributed by atoms with Gasteiger partial charge in [-0.05, 0) is 70.6 Å². The molecule has 2 unspecified atom stereocenters. The Morgan fingerprint density at radius 3 is 1.08 bits per heavy atom. The van der Waals surface area contributed by atoms with E-state index in [2.05, 4.69) is 55.6 Å². The van der Waals surface area contributed by atoms with E-state index in [1.165, 1.54) is 270 Å². The normalized spacial score (nSPS) is 12.9. The lowest BCUT2D eigenvalue weighted by Gasteiger charge is -2.20. The molecule has 0 rings (SSSR count). The topological polar surface area (TPSA) is 95.9 Å². The molecular weight excluding hydrogens is 911 g/mol. The Kier molecular flexibility index (Phi) is 61.5. The van der Waals surface area contributed by atoms with Gasteiger partial charge in [0.2, 0.25) is 5.91 Å². The van der Waals surface area contributed by atoms with Crippen LogP contribution in [0.15, 0.2) is 48.6 Å². The molecule has 0 aromatic rings. The fraction of sp³-hybridized carbons (Fsp3) is 0.853. The molecule has 3 N–H and O–H groups in total. The second-order valence-electron chi connectivity index (χ2n) is 22.4. The van der Waals surface area contributed by atoms with Crippen LogP contribution in [0.3, 0.4) is 0 Å². The molecule has 0 saturated carbocycles. The summed E-state index contributed by atoms with van der Waals surface area (Å²) in [6.07, 6.45) is 81.8. The van der Waals surface area contributed by atoms with Crippen LogP contribution in [0.2, 0.25) is 0 Å². The maximum absolute atomic E-state index is 12.5. The Balaban J connectivity index is 3.49. The molecule has 0 saturated heterocycles. The first-order valence-electron chi connectivity index (χ1n) is 32.9. The van der Waals surface area contributed by atoms with Gasteiger partial charge in [0.25, 0.3) is 0 Å². The highest BCUT2D eigenvalue weighted by atomic mass is 16.5. The van der Waals surface area contributed by atoms with Crippen LogP contribution in [-0.2, 0) is 14.3 Å². The number of aliphatic hydroxyl groups is 2. The zero-order valence-electron chi connectivity index (χ0n) is 49.6. The number of esters is 1. The van der Waals surface area contributed by atoms with Crippen LogP contribution < -0.4 is 5.32 Å². The van der Waals surface area contributed by atoms with Gasteiger partial charge in [0.1, 0.15) is 0 Å². The van der Waals surface area contributed by atoms with E-state index in [-0.39, 0.29) is 18.5 Å². The second-order valence-corrected chi connectivity index (χ2v) is 22.4. The fourth-order valence-corrected chi connectivity index (χ4v) is 10.0. The van der Waals surface area contributed by atoms with Gasteiger partial charge in [-0.2, -0.15) is 0 Å². The highest BCUT2D eigenvalue weighted by Gasteiger charge is 2.18. The molecular formula is C68H127NO5. The first kappa shape index (κ1) is 71.8. The molecule has 0 aliphatic rings. The minimum atomic E-state index is -0.850. The molecule has 6 heteroatoms. The molecule has 0 spiro atoms. The van der Waals surface area contributed by atoms with Gasteiger partial charge in [0.15, 0.2) is 0 Å². The molecule has 0 radical (unpaired) electrons. The van der Waals surface area contributed by atoms with Gasteiger partial charge in [-0.25, -0.2) is 0 Å². The highest BCUT2D eigenvalue weighted by Crippen LogP contribution is 2.18. The van der Waals surface area contributed by atoms with Gasteiger partial charge in [-0.1, -0.05) is 313 Å². The van der Waals surface area contributed by atoms with Crippen LogP contribution in [0.1, 0.15) is 348 Å². The molecule has 6 nitrogen and oxygen atoms in total. The van der Waals surface area contributed by atoms with Crippen LogP contribution in [0, 0.1) is 0 Å². The highest BCUT2D eigenvalue weighted by molar-refractivity contribution is 5.76. The predicted molar refractivity (Wildman–Crippen MR) is 324 cm³/mol. The van der Waals surface area contributed by atoms with Gasteiger partial charge < -0.3 is 20.3 Å². The third kappa shape index (κ3) is 59.1. The van der Waals surface area contributed by atoms with Crippen LogP contribution in [0.5, 0.6) is 0 Å². The third-order valence-corrected chi connectivity index (χ3v) is 15.1. The van der Waals surface area contributed by atoms with Crippen molar-refractivity contribution in [2.75, 3.05) is 13.2 Å². The van der Waals surface area contributed by atoms with Crippen molar-refractivity contribution in [2.24, 2.45) is 0 Å². The SMILES string of the molecule is CCCC/C=C\CCCCCCCC(=O)OCC/C=C\C/C=C\CCCCCCCCCCCCCCCCC(=O)NC(CO)C(O)/C=C/CCCCCCCCCCCCCCCCCCCCCCCCC. The standard InChI is InChI=1S/C68H127NO5/c1-3-5-7-9-11-13-15-16-17-18-19-20-21-22-23-25-28-31-34-37-41-44-48-52-56-60-66(71)65(64-70)69-67(72)61-57-53-49-45-42-38-35-32-29-26-24-27-30-33-36-39-43-47-51-55-59-63-74-68(73)62-58-54-50-46-40-14-12-10-8-6-4-2/h10,12,39,43,51,55-56,60,65-66,70-71H,3-9,11,13-38,40-42,44-50,52-54,57-59,61-64H2,1-2H3,(H,69,72)/b12-10-,43-39-,55-51-,60-56+. The summed E-state index contributed by atoms with van der Waals surface area (Å²) in [5, 5.41) is 23.3. The zero-order valence-corrected chi connectivity index (χ0v) is 49.6. The van der Waals surface area contributed by atoms with E-state index in [0.29, 0.717) is 19.4 Å². The number of allylic oxidation sites excluding steroid dienone is 6. The lowest BCUT2D eigenvalue weighted by molar-refractivity contribution is -0.143. The number of ether oxygens (including phenoxy) is 1. The maximum atomic E-state index is 12.5. The lowest BCUT2D eigenvalue weighted by Crippen LogP contribution is -2.45. The molecule has 434 valence electrons. The lowest BCUT2D eigenvalue weighted by atomic mass is 10.0. The van der Waals surface area contributed by atoms with E-state index in [1.54, 1.807) is 6.08 Å². The smallest absolute Gasteiger partial charge is 0.305 e. The zero-order chi connectivity index (χ0) is 53.6. The molecule has 0 fully saturated rings. The number of nitrogens with one attached hydrogen (secondary N) is 1. The number of amides is 1. The maximum Gasteiger partial charge on any atom is 0.305 e. The largest absolute Gasteiger partial charge is 0.465 e. The number of carbonyl (C=O) groups excluding carboxylic acids is 2. The number of aliphatic hydroxyl groups excluding tert-OH is 2. The van der Waals surface area contributed by atoms with Crippen molar-refractivity contribution < 1.29 is 24.5 Å². The quantitative estimate of drug-likeness (QED) is 0.0320. The second kappa shape index (κ2) is 63.4.